The van der Waals surface area contributed by atoms with Gasteiger partial charge in [-0.1, -0.05) is 40.0 Å². The molecule has 4 nitrogen and oxygen atoms in total. The van der Waals surface area contributed by atoms with Gasteiger partial charge in [-0.2, -0.15) is 0 Å². The highest BCUT2D eigenvalue weighted by atomic mass is 16.5. The first kappa shape index (κ1) is 19.9. The van der Waals surface area contributed by atoms with Crippen LogP contribution >= 0.6 is 0 Å². The van der Waals surface area contributed by atoms with Crippen molar-refractivity contribution in [3.05, 3.63) is 0 Å². The first-order chi connectivity index (χ1) is 9.99. The summed E-state index contributed by atoms with van der Waals surface area (Å²) >= 11 is 0. The van der Waals surface area contributed by atoms with Crippen LogP contribution in [-0.2, 0) is 19.1 Å². The summed E-state index contributed by atoms with van der Waals surface area (Å²) in [6.45, 7) is 8.65. The zero-order chi connectivity index (χ0) is 16.1. The van der Waals surface area contributed by atoms with Crippen LogP contribution in [0.5, 0.6) is 0 Å². The standard InChI is InChI=1S/C17H32O4/c1-5-7-8-10-15(4)21-17(19)12-9-11-16(18)20-13-14(3)6-2/h14-15H,5-13H2,1-4H3. The lowest BCUT2D eigenvalue weighted by atomic mass is 10.1. The second kappa shape index (κ2) is 12.7. The van der Waals surface area contributed by atoms with Gasteiger partial charge in [-0.3, -0.25) is 9.59 Å². The molecule has 0 aromatic carbocycles. The van der Waals surface area contributed by atoms with Gasteiger partial charge in [-0.05, 0) is 32.1 Å². The third-order valence-electron chi connectivity index (χ3n) is 3.53. The van der Waals surface area contributed by atoms with Crippen molar-refractivity contribution in [2.24, 2.45) is 5.92 Å². The van der Waals surface area contributed by atoms with E-state index in [2.05, 4.69) is 13.8 Å². The van der Waals surface area contributed by atoms with Crippen molar-refractivity contribution in [1.29, 1.82) is 0 Å². The maximum absolute atomic E-state index is 11.6. The van der Waals surface area contributed by atoms with Crippen LogP contribution in [0.25, 0.3) is 0 Å². The molecule has 4 heteroatoms. The van der Waals surface area contributed by atoms with Gasteiger partial charge in [0.15, 0.2) is 0 Å². The third kappa shape index (κ3) is 12.4. The monoisotopic (exact) mass is 300 g/mol. The van der Waals surface area contributed by atoms with Gasteiger partial charge < -0.3 is 9.47 Å². The summed E-state index contributed by atoms with van der Waals surface area (Å²) in [5, 5.41) is 0. The quantitative estimate of drug-likeness (QED) is 0.399. The van der Waals surface area contributed by atoms with Crippen LogP contribution in [0.4, 0.5) is 0 Å². The Kier molecular flexibility index (Phi) is 12.0. The molecule has 0 rings (SSSR count). The normalized spacial score (nSPS) is 13.5. The number of rotatable bonds is 12. The van der Waals surface area contributed by atoms with E-state index in [1.54, 1.807) is 0 Å². The molecule has 0 aromatic rings. The van der Waals surface area contributed by atoms with Crippen molar-refractivity contribution in [2.45, 2.75) is 85.2 Å². The summed E-state index contributed by atoms with van der Waals surface area (Å²) in [5.41, 5.74) is 0. The van der Waals surface area contributed by atoms with Gasteiger partial charge in [-0.15, -0.1) is 0 Å². The lowest BCUT2D eigenvalue weighted by molar-refractivity contribution is -0.149. The minimum atomic E-state index is -0.223. The first-order valence-corrected chi connectivity index (χ1v) is 8.34. The van der Waals surface area contributed by atoms with Crippen LogP contribution in [0.1, 0.15) is 79.1 Å². The fraction of sp³-hybridized carbons (Fsp3) is 0.882. The molecule has 0 saturated carbocycles. The summed E-state index contributed by atoms with van der Waals surface area (Å²) in [7, 11) is 0. The van der Waals surface area contributed by atoms with Gasteiger partial charge in [0.1, 0.15) is 0 Å². The fourth-order valence-corrected chi connectivity index (χ4v) is 1.83. The van der Waals surface area contributed by atoms with Gasteiger partial charge >= 0.3 is 11.9 Å². The largest absolute Gasteiger partial charge is 0.465 e. The Morgan fingerprint density at radius 1 is 0.952 bits per heavy atom. The summed E-state index contributed by atoms with van der Waals surface area (Å²) in [6.07, 6.45) is 6.38. The molecular formula is C17H32O4. The van der Waals surface area contributed by atoms with E-state index in [1.165, 1.54) is 12.8 Å². The first-order valence-electron chi connectivity index (χ1n) is 8.34. The molecule has 2 unspecified atom stereocenters. The van der Waals surface area contributed by atoms with Crippen LogP contribution in [0.3, 0.4) is 0 Å². The second-order valence-electron chi connectivity index (χ2n) is 5.85. The lowest BCUT2D eigenvalue weighted by Gasteiger charge is -2.13. The van der Waals surface area contributed by atoms with Gasteiger partial charge in [0.25, 0.3) is 0 Å². The summed E-state index contributed by atoms with van der Waals surface area (Å²) in [6, 6.07) is 0. The second-order valence-corrected chi connectivity index (χ2v) is 5.85. The maximum atomic E-state index is 11.6. The van der Waals surface area contributed by atoms with Crippen LogP contribution in [0.15, 0.2) is 0 Å². The minimum Gasteiger partial charge on any atom is -0.465 e. The molecule has 0 spiro atoms. The number of hydrogen-bond donors (Lipinski definition) is 0. The summed E-state index contributed by atoms with van der Waals surface area (Å²) in [4.78, 5) is 23.1. The smallest absolute Gasteiger partial charge is 0.306 e. The zero-order valence-corrected chi connectivity index (χ0v) is 14.2. The Labute approximate surface area is 129 Å². The topological polar surface area (TPSA) is 52.6 Å². The number of carbonyl (C=O) groups excluding carboxylic acids is 2. The van der Waals surface area contributed by atoms with Gasteiger partial charge in [0.2, 0.25) is 0 Å². The van der Waals surface area contributed by atoms with E-state index in [0.717, 1.165) is 19.3 Å². The van der Waals surface area contributed by atoms with Gasteiger partial charge in [0, 0.05) is 12.8 Å². The molecule has 0 saturated heterocycles. The van der Waals surface area contributed by atoms with Crippen LogP contribution in [-0.4, -0.2) is 24.6 Å². The number of carbonyl (C=O) groups is 2. The van der Waals surface area contributed by atoms with Crippen molar-refractivity contribution in [3.63, 3.8) is 0 Å². The molecule has 0 aliphatic rings. The Balaban J connectivity index is 3.62. The van der Waals surface area contributed by atoms with Crippen LogP contribution < -0.4 is 0 Å². The van der Waals surface area contributed by atoms with E-state index in [4.69, 9.17) is 9.47 Å². The fourth-order valence-electron chi connectivity index (χ4n) is 1.83. The van der Waals surface area contributed by atoms with Crippen LogP contribution in [0, 0.1) is 5.92 Å². The molecule has 21 heavy (non-hydrogen) atoms. The highest BCUT2D eigenvalue weighted by Gasteiger charge is 2.11. The predicted molar refractivity (Wildman–Crippen MR) is 84.0 cm³/mol. The highest BCUT2D eigenvalue weighted by molar-refractivity contribution is 5.72. The molecule has 0 N–H and O–H groups in total. The molecule has 2 atom stereocenters. The van der Waals surface area contributed by atoms with Crippen LogP contribution in [0.2, 0.25) is 0 Å². The van der Waals surface area contributed by atoms with Crippen molar-refractivity contribution >= 4 is 11.9 Å². The van der Waals surface area contributed by atoms with Crippen molar-refractivity contribution in [2.75, 3.05) is 6.61 Å². The Morgan fingerprint density at radius 3 is 2.24 bits per heavy atom. The Morgan fingerprint density at radius 2 is 1.62 bits per heavy atom. The molecule has 0 radical (unpaired) electrons. The van der Waals surface area contributed by atoms with Crippen molar-refractivity contribution in [3.8, 4) is 0 Å². The molecule has 0 fully saturated rings. The molecule has 0 aromatic heterocycles. The number of unbranched alkanes of at least 4 members (excludes halogenated alkanes) is 2. The van der Waals surface area contributed by atoms with E-state index >= 15 is 0 Å². The van der Waals surface area contributed by atoms with E-state index in [-0.39, 0.29) is 30.9 Å². The average Bonchev–Trinajstić information content (AvgIpc) is 2.44. The van der Waals surface area contributed by atoms with E-state index in [0.29, 0.717) is 18.9 Å². The highest BCUT2D eigenvalue weighted by Crippen LogP contribution is 2.09. The summed E-state index contributed by atoms with van der Waals surface area (Å²) in [5.74, 6) is -0.0456. The molecule has 0 heterocycles. The molecule has 0 bridgehead atoms. The molecule has 0 aliphatic carbocycles. The van der Waals surface area contributed by atoms with E-state index in [9.17, 15) is 9.59 Å². The van der Waals surface area contributed by atoms with E-state index < -0.39 is 0 Å². The van der Waals surface area contributed by atoms with Gasteiger partial charge in [0.05, 0.1) is 12.7 Å². The number of hydrogen-bond acceptors (Lipinski definition) is 4. The zero-order valence-electron chi connectivity index (χ0n) is 14.2. The van der Waals surface area contributed by atoms with E-state index in [1.807, 2.05) is 13.8 Å². The van der Waals surface area contributed by atoms with Gasteiger partial charge in [-0.25, -0.2) is 0 Å². The summed E-state index contributed by atoms with van der Waals surface area (Å²) < 4.78 is 10.4. The van der Waals surface area contributed by atoms with Crippen molar-refractivity contribution in [1.82, 2.24) is 0 Å². The average molecular weight is 300 g/mol. The molecular weight excluding hydrogens is 268 g/mol. The molecule has 0 amide bonds. The molecule has 0 aliphatic heterocycles. The molecule has 124 valence electrons. The SMILES string of the molecule is CCCCCC(C)OC(=O)CCCC(=O)OCC(C)CC. The Hall–Kier alpha value is -1.06. The predicted octanol–water partition coefficient (Wildman–Crippen LogP) is 4.26. The van der Waals surface area contributed by atoms with Crippen molar-refractivity contribution < 1.29 is 19.1 Å². The maximum Gasteiger partial charge on any atom is 0.306 e. The lowest BCUT2D eigenvalue weighted by Crippen LogP contribution is -2.15. The minimum absolute atomic E-state index is 0.0265. The Bertz CT molecular complexity index is 289. The number of esters is 2. The third-order valence-corrected chi connectivity index (χ3v) is 3.53. The number of ether oxygens (including phenoxy) is 2.